The number of hydrogen-bond donors (Lipinski definition) is 2. The van der Waals surface area contributed by atoms with Crippen LogP contribution in [0.25, 0.3) is 0 Å². The van der Waals surface area contributed by atoms with Gasteiger partial charge < -0.3 is 0 Å². The van der Waals surface area contributed by atoms with Gasteiger partial charge in [-0.1, -0.05) is 74.5 Å². The van der Waals surface area contributed by atoms with Crippen molar-refractivity contribution in [2.45, 2.75) is 32.1 Å². The van der Waals surface area contributed by atoms with E-state index in [-0.39, 0.29) is 6.04 Å². The van der Waals surface area contributed by atoms with Gasteiger partial charge in [0.2, 0.25) is 5.78 Å². The molecule has 0 aliphatic carbocycles. The SMILES string of the molecule is CC(C)C[C@@H](NC(c1ccccc1)c1ccccc1)[P+](=O)O. The van der Waals surface area contributed by atoms with Gasteiger partial charge in [-0.2, -0.15) is 4.89 Å². The fourth-order valence-electron chi connectivity index (χ4n) is 2.54. The summed E-state index contributed by atoms with van der Waals surface area (Å²) in [5, 5.41) is 3.38. The number of hydrogen-bond acceptors (Lipinski definition) is 2. The average molecular weight is 316 g/mol. The van der Waals surface area contributed by atoms with E-state index >= 15 is 0 Å². The van der Waals surface area contributed by atoms with Gasteiger partial charge in [0.05, 0.1) is 6.04 Å². The van der Waals surface area contributed by atoms with Gasteiger partial charge in [0.25, 0.3) is 0 Å². The Morgan fingerprint density at radius 2 is 1.41 bits per heavy atom. The van der Waals surface area contributed by atoms with E-state index in [1.165, 1.54) is 0 Å². The molecule has 0 amide bonds. The molecule has 0 spiro atoms. The number of nitrogens with one attached hydrogen (secondary N) is 1. The first kappa shape index (κ1) is 16.8. The van der Waals surface area contributed by atoms with Crippen molar-refractivity contribution in [1.29, 1.82) is 0 Å². The second-order valence-electron chi connectivity index (χ2n) is 5.87. The molecule has 0 fully saturated rings. The van der Waals surface area contributed by atoms with Crippen LogP contribution >= 0.6 is 8.03 Å². The van der Waals surface area contributed by atoms with Crippen molar-refractivity contribution in [2.24, 2.45) is 5.92 Å². The summed E-state index contributed by atoms with van der Waals surface area (Å²) in [6, 6.07) is 20.0. The predicted molar refractivity (Wildman–Crippen MR) is 90.9 cm³/mol. The molecule has 0 saturated heterocycles. The minimum absolute atomic E-state index is 0.0859. The Hall–Kier alpha value is -1.54. The van der Waals surface area contributed by atoms with Crippen LogP contribution in [0.5, 0.6) is 0 Å². The highest BCUT2D eigenvalue weighted by Gasteiger charge is 2.32. The van der Waals surface area contributed by atoms with Crippen LogP contribution in [0.2, 0.25) is 0 Å². The van der Waals surface area contributed by atoms with E-state index in [4.69, 9.17) is 0 Å². The molecule has 2 aromatic rings. The molecular formula is C18H23NO2P+. The summed E-state index contributed by atoms with van der Waals surface area (Å²) < 4.78 is 11.7. The van der Waals surface area contributed by atoms with Crippen molar-refractivity contribution >= 4 is 8.03 Å². The summed E-state index contributed by atoms with van der Waals surface area (Å²) in [6.07, 6.45) is 0.669. The highest BCUT2D eigenvalue weighted by atomic mass is 31.1. The molecule has 3 nitrogen and oxygen atoms in total. The van der Waals surface area contributed by atoms with Gasteiger partial charge in [0.15, 0.2) is 0 Å². The maximum Gasteiger partial charge on any atom is 0.524 e. The lowest BCUT2D eigenvalue weighted by Gasteiger charge is -2.21. The van der Waals surface area contributed by atoms with Gasteiger partial charge in [-0.25, -0.2) is 0 Å². The molecule has 0 bridgehead atoms. The first-order chi connectivity index (χ1) is 10.6. The highest BCUT2D eigenvalue weighted by molar-refractivity contribution is 7.38. The Morgan fingerprint density at radius 1 is 0.955 bits per heavy atom. The van der Waals surface area contributed by atoms with Gasteiger partial charge >= 0.3 is 8.03 Å². The summed E-state index contributed by atoms with van der Waals surface area (Å²) in [4.78, 5) is 9.65. The third-order valence-corrected chi connectivity index (χ3v) is 4.48. The summed E-state index contributed by atoms with van der Waals surface area (Å²) in [6.45, 7) is 4.13. The molecule has 116 valence electrons. The van der Waals surface area contributed by atoms with Crippen LogP contribution in [0.3, 0.4) is 0 Å². The zero-order chi connectivity index (χ0) is 15.9. The van der Waals surface area contributed by atoms with Gasteiger partial charge in [-0.3, -0.25) is 5.32 Å². The Morgan fingerprint density at radius 3 is 1.77 bits per heavy atom. The van der Waals surface area contributed by atoms with Crippen molar-refractivity contribution in [3.63, 3.8) is 0 Å². The van der Waals surface area contributed by atoms with E-state index in [1.54, 1.807) is 0 Å². The van der Waals surface area contributed by atoms with E-state index in [1.807, 2.05) is 60.7 Å². The second kappa shape index (κ2) is 8.19. The lowest BCUT2D eigenvalue weighted by Crippen LogP contribution is -2.32. The maximum absolute atomic E-state index is 11.7. The highest BCUT2D eigenvalue weighted by Crippen LogP contribution is 2.31. The molecule has 2 aromatic carbocycles. The Bertz CT molecular complexity index is 547. The Labute approximate surface area is 133 Å². The minimum atomic E-state index is -2.27. The summed E-state index contributed by atoms with van der Waals surface area (Å²) in [5.74, 6) is -0.0591. The second-order valence-corrected chi connectivity index (χ2v) is 7.10. The van der Waals surface area contributed by atoms with Crippen LogP contribution in [0.1, 0.15) is 37.4 Å². The molecule has 0 saturated carbocycles. The van der Waals surface area contributed by atoms with Crippen molar-refractivity contribution in [1.82, 2.24) is 5.32 Å². The molecule has 0 radical (unpaired) electrons. The van der Waals surface area contributed by atoms with E-state index in [0.717, 1.165) is 11.1 Å². The van der Waals surface area contributed by atoms with Gasteiger partial charge in [-0.05, 0) is 21.6 Å². The van der Waals surface area contributed by atoms with E-state index in [2.05, 4.69) is 19.2 Å². The molecular weight excluding hydrogens is 293 g/mol. The van der Waals surface area contributed by atoms with Crippen LogP contribution < -0.4 is 5.32 Å². The average Bonchev–Trinajstić information content (AvgIpc) is 2.52. The molecule has 4 heteroatoms. The minimum Gasteiger partial charge on any atom is -0.260 e. The lowest BCUT2D eigenvalue weighted by molar-refractivity contribution is 0.420. The fourth-order valence-corrected chi connectivity index (χ4v) is 3.42. The van der Waals surface area contributed by atoms with Crippen molar-refractivity contribution < 1.29 is 9.46 Å². The van der Waals surface area contributed by atoms with Gasteiger partial charge in [0, 0.05) is 6.42 Å². The standard InChI is InChI=1S/C18H22NO2P/c1-14(2)13-17(22(20)21)19-18(15-9-5-3-6-10-15)16-11-7-4-8-12-16/h3-12,14,17-19H,13H2,1-2H3/p+1/t17-/m0/s1. The molecule has 0 aliphatic rings. The summed E-state index contributed by atoms with van der Waals surface area (Å²) >= 11 is 0. The largest absolute Gasteiger partial charge is 0.524 e. The van der Waals surface area contributed by atoms with Crippen LogP contribution in [-0.2, 0) is 4.57 Å². The smallest absolute Gasteiger partial charge is 0.260 e. The van der Waals surface area contributed by atoms with Crippen molar-refractivity contribution in [3.8, 4) is 0 Å². The molecule has 0 aromatic heterocycles. The normalized spacial score (nSPS) is 13.4. The molecule has 2 rings (SSSR count). The van der Waals surface area contributed by atoms with E-state index < -0.39 is 13.8 Å². The van der Waals surface area contributed by atoms with Crippen LogP contribution in [0, 0.1) is 5.92 Å². The molecule has 0 heterocycles. The third kappa shape index (κ3) is 4.74. The van der Waals surface area contributed by atoms with Crippen molar-refractivity contribution in [3.05, 3.63) is 71.8 Å². The number of benzene rings is 2. The first-order valence-electron chi connectivity index (χ1n) is 7.59. The topological polar surface area (TPSA) is 49.3 Å². The fraction of sp³-hybridized carbons (Fsp3) is 0.333. The first-order valence-corrected chi connectivity index (χ1v) is 8.87. The molecule has 22 heavy (non-hydrogen) atoms. The molecule has 2 atom stereocenters. The lowest BCUT2D eigenvalue weighted by atomic mass is 9.98. The quantitative estimate of drug-likeness (QED) is 0.741. The van der Waals surface area contributed by atoms with Crippen LogP contribution in [0.4, 0.5) is 0 Å². The Kier molecular flexibility index (Phi) is 6.26. The summed E-state index contributed by atoms with van der Waals surface area (Å²) in [5.41, 5.74) is 2.19. The zero-order valence-electron chi connectivity index (χ0n) is 13.0. The molecule has 2 N–H and O–H groups in total. The third-order valence-electron chi connectivity index (χ3n) is 3.59. The van der Waals surface area contributed by atoms with Gasteiger partial charge in [0.1, 0.15) is 0 Å². The number of rotatable bonds is 7. The van der Waals surface area contributed by atoms with Crippen LogP contribution in [0.15, 0.2) is 60.7 Å². The predicted octanol–water partition coefficient (Wildman–Crippen LogP) is 4.47. The van der Waals surface area contributed by atoms with Crippen molar-refractivity contribution in [2.75, 3.05) is 0 Å². The molecule has 0 aliphatic heterocycles. The van der Waals surface area contributed by atoms with Crippen LogP contribution in [-0.4, -0.2) is 10.7 Å². The maximum atomic E-state index is 11.7. The zero-order valence-corrected chi connectivity index (χ0v) is 13.9. The molecule has 1 unspecified atom stereocenters. The van der Waals surface area contributed by atoms with E-state index in [0.29, 0.717) is 12.3 Å². The summed E-state index contributed by atoms with van der Waals surface area (Å²) in [7, 11) is -2.27. The Balaban J connectivity index is 2.30. The van der Waals surface area contributed by atoms with E-state index in [9.17, 15) is 9.46 Å². The van der Waals surface area contributed by atoms with Gasteiger partial charge in [-0.15, -0.1) is 0 Å². The monoisotopic (exact) mass is 316 g/mol.